The van der Waals surface area contributed by atoms with Crippen LogP contribution in [0.5, 0.6) is 5.75 Å². The molecule has 4 heterocycles. The Hall–Kier alpha value is -4.14. The summed E-state index contributed by atoms with van der Waals surface area (Å²) in [6.45, 7) is 8.87. The lowest BCUT2D eigenvalue weighted by molar-refractivity contribution is -0.150. The van der Waals surface area contributed by atoms with Crippen LogP contribution in [-0.2, 0) is 37.7 Å². The molecule has 4 aliphatic rings. The van der Waals surface area contributed by atoms with E-state index in [9.17, 15) is 19.8 Å². The molecule has 0 bridgehead atoms. The fourth-order valence-electron chi connectivity index (χ4n) is 9.70. The van der Waals surface area contributed by atoms with Crippen molar-refractivity contribution in [2.24, 2.45) is 5.92 Å². The third-order valence-electron chi connectivity index (χ3n) is 12.2. The second-order valence-corrected chi connectivity index (χ2v) is 20.0. The van der Waals surface area contributed by atoms with Crippen molar-refractivity contribution >= 4 is 43.2 Å². The fourth-order valence-corrected chi connectivity index (χ4v) is 12.2. The Morgan fingerprint density at radius 1 is 1.05 bits per heavy atom. The van der Waals surface area contributed by atoms with E-state index in [-0.39, 0.29) is 49.9 Å². The summed E-state index contributed by atoms with van der Waals surface area (Å²) in [6, 6.07) is 20.2. The van der Waals surface area contributed by atoms with E-state index in [0.717, 1.165) is 41.8 Å². The minimum absolute atomic E-state index is 0.0558. The molecule has 0 aromatic heterocycles. The number of hydrogen-bond donors (Lipinski definition) is 3. The summed E-state index contributed by atoms with van der Waals surface area (Å²) in [5.74, 6) is -0.387. The molecule has 56 heavy (non-hydrogen) atoms. The van der Waals surface area contributed by atoms with Gasteiger partial charge in [-0.2, -0.15) is 0 Å². The van der Waals surface area contributed by atoms with Gasteiger partial charge in [-0.3, -0.25) is 19.3 Å². The molecule has 3 N–H and O–H groups in total. The van der Waals surface area contributed by atoms with Gasteiger partial charge in [0.15, 0.2) is 5.60 Å². The highest BCUT2D eigenvalue weighted by molar-refractivity contribution is 6.72. The van der Waals surface area contributed by atoms with Crippen LogP contribution in [0.15, 0.2) is 66.7 Å². The zero-order valence-corrected chi connectivity index (χ0v) is 33.9. The molecule has 2 fully saturated rings. The van der Waals surface area contributed by atoms with Crippen LogP contribution in [0.3, 0.4) is 0 Å². The van der Waals surface area contributed by atoms with Gasteiger partial charge in [-0.15, -0.1) is 0 Å². The summed E-state index contributed by atoms with van der Waals surface area (Å²) in [7, 11) is -3.49. The quantitative estimate of drug-likeness (QED) is 0.107. The normalized spacial score (nSPS) is 26.0. The topological polar surface area (TPSA) is 132 Å². The number of rotatable bonds is 14. The molecule has 11 nitrogen and oxygen atoms in total. The summed E-state index contributed by atoms with van der Waals surface area (Å²) >= 11 is 0. The maximum Gasteiger partial charge on any atom is 0.264 e. The Balaban J connectivity index is 1.19. The van der Waals surface area contributed by atoms with Gasteiger partial charge < -0.3 is 38.9 Å². The van der Waals surface area contributed by atoms with Crippen molar-refractivity contribution in [1.82, 2.24) is 10.2 Å². The van der Waals surface area contributed by atoms with Gasteiger partial charge in [-0.25, -0.2) is 0 Å². The van der Waals surface area contributed by atoms with Crippen molar-refractivity contribution < 1.29 is 38.2 Å². The van der Waals surface area contributed by atoms with Crippen LogP contribution in [0.2, 0.25) is 18.6 Å². The van der Waals surface area contributed by atoms with Crippen LogP contribution in [0.1, 0.15) is 62.6 Å². The molecular formula is C43H55FN4O7Si. The number of halogens is 1. The molecule has 4 aliphatic heterocycles. The predicted molar refractivity (Wildman–Crippen MR) is 215 cm³/mol. The van der Waals surface area contributed by atoms with E-state index >= 15 is 8.90 Å². The molecule has 3 aromatic carbocycles. The second-order valence-electron chi connectivity index (χ2n) is 16.2. The predicted octanol–water partition coefficient (Wildman–Crippen LogP) is 5.73. The smallest absolute Gasteiger partial charge is 0.264 e. The maximum absolute atomic E-state index is 16.4. The fraction of sp³-hybridized carbons (Fsp3) is 0.512. The molecular weight excluding hydrogens is 732 g/mol. The van der Waals surface area contributed by atoms with E-state index in [2.05, 4.69) is 5.32 Å². The maximum atomic E-state index is 16.4. The SMILES string of the molecule is CCOc1ccc2c(c1)CC(NCCCCO)C(=O)N2c1cccc(CN2C(=O)[C@@]3(O[C@@H](CC(=O)N4CCC[C@H]4CO)[C@H]([Si](C)(C)F)[C@H]3C)c3ccccc32)c1. The summed E-state index contributed by atoms with van der Waals surface area (Å²) in [5.41, 5.74) is 2.43. The molecule has 7 rings (SSSR count). The molecule has 0 radical (unpaired) electrons. The summed E-state index contributed by atoms with van der Waals surface area (Å²) in [6.07, 6.45) is 2.54. The minimum Gasteiger partial charge on any atom is -0.494 e. The number of ether oxygens (including phenoxy) is 2. The number of para-hydroxylation sites is 1. The summed E-state index contributed by atoms with van der Waals surface area (Å²) in [4.78, 5) is 48.0. The first-order valence-corrected chi connectivity index (χ1v) is 23.1. The summed E-state index contributed by atoms with van der Waals surface area (Å²) < 4.78 is 29.1. The average molecular weight is 787 g/mol. The van der Waals surface area contributed by atoms with Crippen molar-refractivity contribution in [2.45, 2.75) is 101 Å². The highest BCUT2D eigenvalue weighted by Gasteiger charge is 2.67. The number of unbranched alkanes of at least 4 members (excludes halogenated alkanes) is 1. The highest BCUT2D eigenvalue weighted by Crippen LogP contribution is 2.60. The van der Waals surface area contributed by atoms with E-state index in [4.69, 9.17) is 9.47 Å². The number of amides is 3. The third kappa shape index (κ3) is 7.28. The van der Waals surface area contributed by atoms with Gasteiger partial charge in [0.25, 0.3) is 5.91 Å². The van der Waals surface area contributed by atoms with Crippen molar-refractivity contribution in [3.05, 3.63) is 83.4 Å². The van der Waals surface area contributed by atoms with Gasteiger partial charge in [0.05, 0.1) is 55.7 Å². The number of benzene rings is 3. The lowest BCUT2D eigenvalue weighted by Gasteiger charge is -2.35. The number of carbonyl (C=O) groups is 3. The summed E-state index contributed by atoms with van der Waals surface area (Å²) in [5, 5.41) is 22.6. The first kappa shape index (κ1) is 40.1. The Morgan fingerprint density at radius 3 is 2.61 bits per heavy atom. The van der Waals surface area contributed by atoms with Gasteiger partial charge in [0.1, 0.15) is 5.75 Å². The van der Waals surface area contributed by atoms with Crippen molar-refractivity contribution in [3.8, 4) is 5.75 Å². The molecule has 300 valence electrons. The monoisotopic (exact) mass is 786 g/mol. The first-order valence-electron chi connectivity index (χ1n) is 20.1. The lowest BCUT2D eigenvalue weighted by atomic mass is 9.82. The average Bonchev–Trinajstić information content (AvgIpc) is 3.84. The van der Waals surface area contributed by atoms with E-state index in [1.165, 1.54) is 0 Å². The molecule has 13 heteroatoms. The van der Waals surface area contributed by atoms with Crippen LogP contribution >= 0.6 is 0 Å². The van der Waals surface area contributed by atoms with Crippen LogP contribution < -0.4 is 19.9 Å². The number of hydrogen-bond acceptors (Lipinski definition) is 8. The van der Waals surface area contributed by atoms with E-state index in [1.54, 1.807) is 27.8 Å². The molecule has 6 atom stereocenters. The molecule has 0 aliphatic carbocycles. The number of nitrogens with one attached hydrogen (secondary N) is 1. The van der Waals surface area contributed by atoms with Crippen LogP contribution in [0.25, 0.3) is 0 Å². The van der Waals surface area contributed by atoms with Gasteiger partial charge >= 0.3 is 0 Å². The van der Waals surface area contributed by atoms with Gasteiger partial charge in [0.2, 0.25) is 20.2 Å². The Bertz CT molecular complexity index is 1940. The van der Waals surface area contributed by atoms with Crippen molar-refractivity contribution in [1.29, 1.82) is 0 Å². The number of anilines is 3. The minimum atomic E-state index is -3.49. The van der Waals surface area contributed by atoms with E-state index < -0.39 is 37.6 Å². The molecule has 2 saturated heterocycles. The third-order valence-corrected chi connectivity index (χ3v) is 14.6. The zero-order valence-electron chi connectivity index (χ0n) is 32.9. The molecule has 1 spiro atoms. The Morgan fingerprint density at radius 2 is 1.86 bits per heavy atom. The van der Waals surface area contributed by atoms with Gasteiger partial charge in [-0.05, 0) is 106 Å². The molecule has 3 amide bonds. The highest BCUT2D eigenvalue weighted by atomic mass is 28.4. The van der Waals surface area contributed by atoms with Crippen LogP contribution in [0.4, 0.5) is 21.2 Å². The molecule has 0 saturated carbocycles. The van der Waals surface area contributed by atoms with Crippen molar-refractivity contribution in [3.63, 3.8) is 0 Å². The lowest BCUT2D eigenvalue weighted by Crippen LogP contribution is -2.49. The Kier molecular flexibility index (Phi) is 11.7. The number of aliphatic hydroxyl groups excluding tert-OH is 2. The number of likely N-dealkylation sites (tertiary alicyclic amines) is 1. The number of aliphatic hydroxyl groups is 2. The van der Waals surface area contributed by atoms with Crippen LogP contribution in [0, 0.1) is 5.92 Å². The van der Waals surface area contributed by atoms with E-state index in [0.29, 0.717) is 49.5 Å². The van der Waals surface area contributed by atoms with Crippen LogP contribution in [-0.4, -0.2) is 92.3 Å². The number of fused-ring (bicyclic) bond motifs is 3. The van der Waals surface area contributed by atoms with Gasteiger partial charge in [-0.1, -0.05) is 37.3 Å². The standard InChI is InChI=1S/C43H55FN4O7Si/c1-5-54-33-17-18-36-30(23-33)24-35(45-19-8-9-21-49)41(52)48(36)31-13-10-12-29(22-31)26-47-37-16-7-6-15-34(37)43(42(47)53)28(2)40(56(3,4)44)38(55-43)25-39(51)46-20-11-14-32(46)27-50/h6-7,10,12-13,15-18,22-23,28,32,35,38,40,45,49-50H,5,8-9,11,14,19-21,24-27H2,1-4H3/t28-,32+,35?,38+,40-,43+/m1/s1. The molecule has 1 unspecified atom stereocenters. The number of carbonyl (C=O) groups excluding carboxylic acids is 3. The van der Waals surface area contributed by atoms with E-state index in [1.807, 2.05) is 80.6 Å². The van der Waals surface area contributed by atoms with Gasteiger partial charge in [0, 0.05) is 35.9 Å². The number of nitrogens with zero attached hydrogens (tertiary/aromatic N) is 3. The first-order chi connectivity index (χ1) is 26.9. The Labute approximate surface area is 329 Å². The zero-order chi connectivity index (χ0) is 39.8. The van der Waals surface area contributed by atoms with Crippen molar-refractivity contribution in [2.75, 3.05) is 42.7 Å². The largest absolute Gasteiger partial charge is 0.494 e. The molecule has 3 aromatic rings. The second kappa shape index (κ2) is 16.4.